The summed E-state index contributed by atoms with van der Waals surface area (Å²) in [5, 5.41) is 38.2. The number of likely N-dealkylation sites (N-methyl/N-ethyl adjacent to an activating group) is 1. The number of quaternary nitrogens is 1. The average Bonchev–Trinajstić information content (AvgIpc) is 2.74. The van der Waals surface area contributed by atoms with Gasteiger partial charge in [-0.25, -0.2) is 9.59 Å². The van der Waals surface area contributed by atoms with Gasteiger partial charge < -0.3 is 30.6 Å². The molecule has 9 nitrogen and oxygen atoms in total. The summed E-state index contributed by atoms with van der Waals surface area (Å²) in [7, 11) is 2.30. The Hall–Kier alpha value is -2.56. The Balaban J connectivity index is 0.000000431. The molecule has 0 spiro atoms. The number of carbonyl (C=O) groups excluding carboxylic acids is 1. The summed E-state index contributed by atoms with van der Waals surface area (Å²) in [5.74, 6) is -2.65. The lowest BCUT2D eigenvalue weighted by molar-refractivity contribution is -0.952. The molecule has 2 bridgehead atoms. The lowest BCUT2D eigenvalue weighted by Gasteiger charge is -2.65. The number of aliphatic hydroxyl groups is 1. The van der Waals surface area contributed by atoms with E-state index in [-0.39, 0.29) is 22.6 Å². The van der Waals surface area contributed by atoms with Gasteiger partial charge in [0.25, 0.3) is 0 Å². The number of hydrogen-bond donors (Lipinski definition) is 5. The number of phenolic OH excluding ortho intramolecular Hbond substituents is 1. The van der Waals surface area contributed by atoms with Gasteiger partial charge in [0.1, 0.15) is 28.2 Å². The molecule has 1 aliphatic heterocycles. The second kappa shape index (κ2) is 8.83. The van der Waals surface area contributed by atoms with E-state index in [1.54, 1.807) is 6.07 Å². The lowest BCUT2D eigenvalue weighted by Crippen LogP contribution is -2.78. The predicted octanol–water partition coefficient (Wildman–Crippen LogP) is 1.48. The van der Waals surface area contributed by atoms with Crippen LogP contribution >= 0.6 is 12.2 Å². The van der Waals surface area contributed by atoms with Crippen LogP contribution in [-0.4, -0.2) is 79.4 Å². The second-order valence-corrected chi connectivity index (χ2v) is 11.3. The van der Waals surface area contributed by atoms with E-state index in [9.17, 15) is 15.0 Å². The zero-order chi connectivity index (χ0) is 25.8. The minimum atomic E-state index is -1.82. The number of phenols is 1. The number of carbonyl (C=O) groups is 3. The van der Waals surface area contributed by atoms with Crippen molar-refractivity contribution < 1.29 is 39.3 Å². The first-order chi connectivity index (χ1) is 16.3. The summed E-state index contributed by atoms with van der Waals surface area (Å²) in [6.45, 7) is 2.02. The van der Waals surface area contributed by atoms with E-state index < -0.39 is 23.0 Å². The first-order valence-electron chi connectivity index (χ1n) is 12.0. The van der Waals surface area contributed by atoms with Crippen molar-refractivity contribution in [3.8, 4) is 5.75 Å². The molecule has 1 heterocycles. The summed E-state index contributed by atoms with van der Waals surface area (Å²) < 4.78 is 0.869. The lowest BCUT2D eigenvalue weighted by atomic mass is 9.48. The maximum absolute atomic E-state index is 12.6. The number of nitrogens with zero attached hydrogens (tertiary/aromatic N) is 1. The maximum Gasteiger partial charge on any atom is 0.414 e. The van der Waals surface area contributed by atoms with Crippen molar-refractivity contribution in [3.63, 3.8) is 0 Å². The molecule has 2 saturated carbocycles. The number of Topliss-reactive ketones (excluding diaryl/α,β-unsaturated/α-hetero) is 1. The van der Waals surface area contributed by atoms with Gasteiger partial charge in [-0.05, 0) is 30.9 Å². The summed E-state index contributed by atoms with van der Waals surface area (Å²) in [6.07, 6.45) is 6.51. The molecule has 1 unspecified atom stereocenters. The SMILES string of the molecule is C[N+]1(CC2CCC2)CC[C@]23CC(=O)CC[C@@]2(O)[C@H]1Cc1ccc(C(N)=S)c(O)c13.O=C(O)C(=O)O. The third-order valence-corrected chi connectivity index (χ3v) is 9.19. The molecule has 190 valence electrons. The minimum absolute atomic E-state index is 0.0486. The molecular weight excluding hydrogens is 472 g/mol. The van der Waals surface area contributed by atoms with Gasteiger partial charge in [-0.1, -0.05) is 24.7 Å². The fraction of sp³-hybridized carbons (Fsp3) is 0.600. The van der Waals surface area contributed by atoms with Crippen LogP contribution in [0.2, 0.25) is 0 Å². The van der Waals surface area contributed by atoms with Crippen LogP contribution in [0.5, 0.6) is 5.75 Å². The van der Waals surface area contributed by atoms with Crippen LogP contribution in [0.3, 0.4) is 0 Å². The molecule has 6 N–H and O–H groups in total. The molecule has 4 aliphatic rings. The Morgan fingerprint density at radius 3 is 2.40 bits per heavy atom. The zero-order valence-electron chi connectivity index (χ0n) is 19.8. The summed E-state index contributed by atoms with van der Waals surface area (Å²) in [5.41, 5.74) is 6.37. The molecule has 0 aromatic heterocycles. The van der Waals surface area contributed by atoms with Gasteiger partial charge in [0.05, 0.1) is 25.7 Å². The highest BCUT2D eigenvalue weighted by molar-refractivity contribution is 7.80. The number of aromatic hydroxyl groups is 1. The van der Waals surface area contributed by atoms with Crippen molar-refractivity contribution in [2.45, 2.75) is 68.4 Å². The molecule has 0 radical (unpaired) electrons. The minimum Gasteiger partial charge on any atom is -0.507 e. The fourth-order valence-electron chi connectivity index (χ4n) is 7.10. The number of hydrogen-bond acceptors (Lipinski definition) is 6. The molecule has 1 saturated heterocycles. The highest BCUT2D eigenvalue weighted by Crippen LogP contribution is 2.61. The number of carboxylic acids is 2. The predicted molar refractivity (Wildman–Crippen MR) is 130 cm³/mol. The molecule has 0 amide bonds. The third-order valence-electron chi connectivity index (χ3n) is 8.97. The topological polar surface area (TPSA) is 158 Å². The molecule has 1 aromatic carbocycles. The monoisotopic (exact) mass is 505 g/mol. The van der Waals surface area contributed by atoms with E-state index in [2.05, 4.69) is 7.05 Å². The number of nitrogens with two attached hydrogens (primary N) is 1. The second-order valence-electron chi connectivity index (χ2n) is 10.8. The normalized spacial score (nSPS) is 33.3. The average molecular weight is 506 g/mol. The van der Waals surface area contributed by atoms with Crippen LogP contribution in [-0.2, 0) is 26.2 Å². The van der Waals surface area contributed by atoms with Crippen molar-refractivity contribution in [1.29, 1.82) is 0 Å². The van der Waals surface area contributed by atoms with Crippen LogP contribution in [0.15, 0.2) is 12.1 Å². The fourth-order valence-corrected chi connectivity index (χ4v) is 7.27. The number of benzene rings is 1. The van der Waals surface area contributed by atoms with E-state index in [0.29, 0.717) is 31.2 Å². The molecule has 35 heavy (non-hydrogen) atoms. The van der Waals surface area contributed by atoms with Crippen molar-refractivity contribution in [3.05, 3.63) is 28.8 Å². The summed E-state index contributed by atoms with van der Waals surface area (Å²) in [6, 6.07) is 3.86. The van der Waals surface area contributed by atoms with Crippen LogP contribution in [0.4, 0.5) is 0 Å². The highest BCUT2D eigenvalue weighted by atomic mass is 32.1. The Kier molecular flexibility index (Phi) is 6.44. The molecule has 10 heteroatoms. The van der Waals surface area contributed by atoms with Gasteiger partial charge in [0.15, 0.2) is 0 Å². The summed E-state index contributed by atoms with van der Waals surface area (Å²) >= 11 is 5.15. The quantitative estimate of drug-likeness (QED) is 0.233. The first-order valence-corrected chi connectivity index (χ1v) is 12.4. The van der Waals surface area contributed by atoms with Crippen LogP contribution < -0.4 is 5.73 Å². The van der Waals surface area contributed by atoms with Crippen LogP contribution in [0, 0.1) is 5.92 Å². The highest BCUT2D eigenvalue weighted by Gasteiger charge is 2.70. The maximum atomic E-state index is 12.6. The first kappa shape index (κ1) is 25.5. The van der Waals surface area contributed by atoms with Crippen molar-refractivity contribution >= 4 is 34.9 Å². The van der Waals surface area contributed by atoms with Gasteiger partial charge in [-0.3, -0.25) is 4.79 Å². The van der Waals surface area contributed by atoms with Gasteiger partial charge in [-0.2, -0.15) is 0 Å². The molecule has 4 atom stereocenters. The van der Waals surface area contributed by atoms with E-state index in [0.717, 1.165) is 41.0 Å². The van der Waals surface area contributed by atoms with E-state index in [1.165, 1.54) is 19.3 Å². The third kappa shape index (κ3) is 4.01. The van der Waals surface area contributed by atoms with E-state index >= 15 is 0 Å². The molecular formula is C25H33N2O7S+. The largest absolute Gasteiger partial charge is 0.507 e. The van der Waals surface area contributed by atoms with Crippen LogP contribution in [0.25, 0.3) is 0 Å². The number of carboxylic acid groups (broad SMARTS) is 2. The smallest absolute Gasteiger partial charge is 0.414 e. The number of piperidine rings is 1. The number of thiocarbonyl (C=S) groups is 1. The van der Waals surface area contributed by atoms with Gasteiger partial charge in [-0.15, -0.1) is 0 Å². The Bertz CT molecular complexity index is 1090. The zero-order valence-corrected chi connectivity index (χ0v) is 20.6. The molecule has 5 rings (SSSR count). The number of likely N-dealkylation sites (tertiary alicyclic amines) is 1. The van der Waals surface area contributed by atoms with E-state index in [1.807, 2.05) is 6.07 Å². The number of ketones is 1. The van der Waals surface area contributed by atoms with Crippen LogP contribution in [0.1, 0.15) is 61.6 Å². The summed E-state index contributed by atoms with van der Waals surface area (Å²) in [4.78, 5) is 31.0. The number of rotatable bonds is 3. The Morgan fingerprint density at radius 2 is 1.86 bits per heavy atom. The molecule has 3 fully saturated rings. The van der Waals surface area contributed by atoms with Crippen molar-refractivity contribution in [1.82, 2.24) is 0 Å². The van der Waals surface area contributed by atoms with Gasteiger partial charge in [0, 0.05) is 42.6 Å². The number of aliphatic carboxylic acids is 2. The van der Waals surface area contributed by atoms with Crippen molar-refractivity contribution in [2.75, 3.05) is 20.1 Å². The standard InChI is InChI=1S/C23H30N2O3S.C2H2O4/c1-25(13-14-3-2-4-14)10-9-22-12-16(26)7-8-23(22,28)18(25)11-15-5-6-17(21(24)29)20(27)19(15)22;3-1(4)2(5)6/h5-6,14,18,28H,2-4,7-13H2,1H3,(H2-,24,27,29);(H,3,4)(H,5,6)/p+1/t18-,22-,23-,25?;/m1./s1. The number of fused-ring (bicyclic) bond motifs is 1. The van der Waals surface area contributed by atoms with Crippen molar-refractivity contribution in [2.24, 2.45) is 11.7 Å². The van der Waals surface area contributed by atoms with E-state index in [4.69, 9.17) is 37.8 Å². The molecule has 3 aliphatic carbocycles. The Morgan fingerprint density at radius 1 is 1.20 bits per heavy atom. The van der Waals surface area contributed by atoms with Gasteiger partial charge >= 0.3 is 11.9 Å². The molecule has 1 aromatic rings. The Labute approximate surface area is 209 Å². The van der Waals surface area contributed by atoms with Gasteiger partial charge in [0.2, 0.25) is 0 Å².